The van der Waals surface area contributed by atoms with Gasteiger partial charge in [0.05, 0.1) is 18.2 Å². The molecule has 9 heteroatoms. The number of hydrogen-bond donors (Lipinski definition) is 1. The smallest absolute Gasteiger partial charge is 0.305 e. The summed E-state index contributed by atoms with van der Waals surface area (Å²) in [6.07, 6.45) is 1.56. The molecule has 2 rings (SSSR count). The van der Waals surface area contributed by atoms with E-state index >= 15 is 0 Å². The van der Waals surface area contributed by atoms with Crippen LogP contribution in [-0.2, 0) is 4.79 Å². The minimum Gasteiger partial charge on any atom is -0.481 e. The lowest BCUT2D eigenvalue weighted by atomic mass is 10.1. The van der Waals surface area contributed by atoms with E-state index in [0.29, 0.717) is 12.2 Å². The molecular formula is C10H14N6O2S. The van der Waals surface area contributed by atoms with Crippen LogP contribution in [0.5, 0.6) is 0 Å². The van der Waals surface area contributed by atoms with Crippen LogP contribution in [-0.4, -0.2) is 40.9 Å². The highest BCUT2D eigenvalue weighted by Gasteiger charge is 2.22. The quantitative estimate of drug-likeness (QED) is 0.851. The SMILES string of the molecule is CCCC(CC(=O)O)n1nnnc1-c1snnc1C. The molecule has 2 aromatic heterocycles. The fourth-order valence-corrected chi connectivity index (χ4v) is 2.51. The fraction of sp³-hybridized carbons (Fsp3) is 0.600. The second kappa shape index (κ2) is 5.83. The summed E-state index contributed by atoms with van der Waals surface area (Å²) in [6, 6.07) is -0.256. The third-order valence-electron chi connectivity index (χ3n) is 2.73. The molecule has 2 aromatic rings. The van der Waals surface area contributed by atoms with E-state index in [0.717, 1.165) is 17.0 Å². The second-order valence-corrected chi connectivity index (χ2v) is 4.93. The highest BCUT2D eigenvalue weighted by molar-refractivity contribution is 7.09. The van der Waals surface area contributed by atoms with E-state index in [1.165, 1.54) is 11.5 Å². The van der Waals surface area contributed by atoms with Gasteiger partial charge in [-0.1, -0.05) is 17.8 Å². The number of nitrogens with zero attached hydrogens (tertiary/aromatic N) is 6. The molecule has 0 aliphatic heterocycles. The highest BCUT2D eigenvalue weighted by atomic mass is 32.1. The molecule has 0 aliphatic rings. The molecule has 0 saturated carbocycles. The Morgan fingerprint density at radius 3 is 2.84 bits per heavy atom. The topological polar surface area (TPSA) is 107 Å². The van der Waals surface area contributed by atoms with E-state index in [9.17, 15) is 4.79 Å². The zero-order valence-electron chi connectivity index (χ0n) is 10.6. The lowest BCUT2D eigenvalue weighted by molar-refractivity contribution is -0.138. The number of carbonyl (C=O) groups is 1. The van der Waals surface area contributed by atoms with Crippen molar-refractivity contribution in [3.8, 4) is 10.7 Å². The van der Waals surface area contributed by atoms with Gasteiger partial charge in [0, 0.05) is 0 Å². The average molecular weight is 282 g/mol. The van der Waals surface area contributed by atoms with Gasteiger partial charge in [-0.15, -0.1) is 10.2 Å². The Morgan fingerprint density at radius 2 is 2.26 bits per heavy atom. The summed E-state index contributed by atoms with van der Waals surface area (Å²) in [5.41, 5.74) is 0.742. The van der Waals surface area contributed by atoms with Crippen LogP contribution in [0.15, 0.2) is 0 Å². The number of rotatable bonds is 6. The zero-order valence-corrected chi connectivity index (χ0v) is 11.5. The van der Waals surface area contributed by atoms with Crippen molar-refractivity contribution in [3.05, 3.63) is 5.69 Å². The van der Waals surface area contributed by atoms with Crippen LogP contribution < -0.4 is 0 Å². The van der Waals surface area contributed by atoms with Crippen molar-refractivity contribution in [2.45, 2.75) is 39.2 Å². The Bertz CT molecular complexity index is 566. The monoisotopic (exact) mass is 282 g/mol. The Hall–Kier alpha value is -1.90. The standard InChI is InChI=1S/C10H14N6O2S/c1-3-4-7(5-8(17)18)16-10(12-13-14-16)9-6(2)11-15-19-9/h7H,3-5H2,1-2H3,(H,17,18). The Labute approximate surface area is 113 Å². The predicted octanol–water partition coefficient (Wildman–Crippen LogP) is 1.32. The van der Waals surface area contributed by atoms with E-state index in [2.05, 4.69) is 25.1 Å². The molecule has 0 aromatic carbocycles. The van der Waals surface area contributed by atoms with E-state index in [4.69, 9.17) is 5.11 Å². The first-order valence-corrected chi connectivity index (χ1v) is 6.69. The van der Waals surface area contributed by atoms with Crippen LogP contribution in [0.4, 0.5) is 0 Å². The first-order valence-electron chi connectivity index (χ1n) is 5.92. The van der Waals surface area contributed by atoms with Crippen molar-refractivity contribution in [1.82, 2.24) is 29.8 Å². The van der Waals surface area contributed by atoms with Crippen LogP contribution >= 0.6 is 11.5 Å². The molecule has 102 valence electrons. The molecule has 1 unspecified atom stereocenters. The van der Waals surface area contributed by atoms with Gasteiger partial charge in [0.15, 0.2) is 5.82 Å². The van der Waals surface area contributed by atoms with Crippen LogP contribution in [0.1, 0.15) is 37.9 Å². The maximum atomic E-state index is 10.9. The highest BCUT2D eigenvalue weighted by Crippen LogP contribution is 2.27. The van der Waals surface area contributed by atoms with Gasteiger partial charge in [-0.2, -0.15) is 0 Å². The van der Waals surface area contributed by atoms with Gasteiger partial charge in [-0.3, -0.25) is 4.79 Å². The summed E-state index contributed by atoms with van der Waals surface area (Å²) in [5, 5.41) is 24.5. The van der Waals surface area contributed by atoms with Crippen LogP contribution in [0.25, 0.3) is 10.7 Å². The summed E-state index contributed by atoms with van der Waals surface area (Å²) in [6.45, 7) is 3.82. The molecule has 0 saturated heterocycles. The van der Waals surface area contributed by atoms with Crippen LogP contribution in [0.2, 0.25) is 0 Å². The number of aliphatic carboxylic acids is 1. The number of aromatic nitrogens is 6. The van der Waals surface area contributed by atoms with Crippen molar-refractivity contribution in [2.24, 2.45) is 0 Å². The second-order valence-electron chi connectivity index (χ2n) is 4.17. The van der Waals surface area contributed by atoms with Crippen molar-refractivity contribution in [3.63, 3.8) is 0 Å². The first kappa shape index (κ1) is 13.5. The van der Waals surface area contributed by atoms with Gasteiger partial charge in [0.2, 0.25) is 0 Å². The lowest BCUT2D eigenvalue weighted by Gasteiger charge is -2.14. The summed E-state index contributed by atoms with van der Waals surface area (Å²) in [7, 11) is 0. The minimum atomic E-state index is -0.862. The van der Waals surface area contributed by atoms with E-state index in [-0.39, 0.29) is 12.5 Å². The maximum Gasteiger partial charge on any atom is 0.305 e. The van der Waals surface area contributed by atoms with Crippen molar-refractivity contribution >= 4 is 17.5 Å². The summed E-state index contributed by atoms with van der Waals surface area (Å²) in [5.74, 6) is -0.328. The van der Waals surface area contributed by atoms with Gasteiger partial charge in [0.25, 0.3) is 0 Å². The third kappa shape index (κ3) is 2.92. The molecule has 8 nitrogen and oxygen atoms in total. The summed E-state index contributed by atoms with van der Waals surface area (Å²) in [4.78, 5) is 11.7. The number of carboxylic acids is 1. The number of aryl methyl sites for hydroxylation is 1. The van der Waals surface area contributed by atoms with Crippen molar-refractivity contribution in [2.75, 3.05) is 0 Å². The van der Waals surface area contributed by atoms with Gasteiger partial charge < -0.3 is 5.11 Å². The van der Waals surface area contributed by atoms with Crippen LogP contribution in [0, 0.1) is 6.92 Å². The molecule has 0 aliphatic carbocycles. The molecule has 0 radical (unpaired) electrons. The van der Waals surface area contributed by atoms with Crippen molar-refractivity contribution < 1.29 is 9.90 Å². The lowest BCUT2D eigenvalue weighted by Crippen LogP contribution is -2.16. The molecule has 0 bridgehead atoms. The fourth-order valence-electron chi connectivity index (χ4n) is 1.87. The minimum absolute atomic E-state index is 0.00282. The number of hydrogen-bond acceptors (Lipinski definition) is 7. The molecule has 1 atom stereocenters. The van der Waals surface area contributed by atoms with Gasteiger partial charge in [-0.05, 0) is 35.3 Å². The Kier molecular flexibility index (Phi) is 4.15. The normalized spacial score (nSPS) is 12.5. The molecule has 0 amide bonds. The largest absolute Gasteiger partial charge is 0.481 e. The number of carboxylic acid groups (broad SMARTS) is 1. The van der Waals surface area contributed by atoms with Crippen LogP contribution in [0.3, 0.4) is 0 Å². The average Bonchev–Trinajstić information content (AvgIpc) is 2.95. The van der Waals surface area contributed by atoms with E-state index in [1.54, 1.807) is 4.68 Å². The molecule has 19 heavy (non-hydrogen) atoms. The molecule has 0 fully saturated rings. The molecule has 2 heterocycles. The van der Waals surface area contributed by atoms with Crippen molar-refractivity contribution in [1.29, 1.82) is 0 Å². The Morgan fingerprint density at radius 1 is 1.47 bits per heavy atom. The Balaban J connectivity index is 2.36. The maximum absolute atomic E-state index is 10.9. The zero-order chi connectivity index (χ0) is 13.8. The van der Waals surface area contributed by atoms with Gasteiger partial charge in [-0.25, -0.2) is 4.68 Å². The molecular weight excluding hydrogens is 268 g/mol. The van der Waals surface area contributed by atoms with E-state index in [1.807, 2.05) is 13.8 Å². The third-order valence-corrected chi connectivity index (χ3v) is 3.55. The van der Waals surface area contributed by atoms with Gasteiger partial charge >= 0.3 is 5.97 Å². The molecule has 0 spiro atoms. The predicted molar refractivity (Wildman–Crippen MR) is 67.7 cm³/mol. The van der Waals surface area contributed by atoms with E-state index < -0.39 is 5.97 Å². The number of tetrazole rings is 1. The summed E-state index contributed by atoms with van der Waals surface area (Å²) < 4.78 is 5.42. The summed E-state index contributed by atoms with van der Waals surface area (Å²) >= 11 is 1.20. The first-order chi connectivity index (χ1) is 9.13. The van der Waals surface area contributed by atoms with Gasteiger partial charge in [0.1, 0.15) is 4.88 Å². The molecule has 1 N–H and O–H groups in total.